The maximum atomic E-state index is 12.9. The Balaban J connectivity index is 1.55. The second-order valence-electron chi connectivity index (χ2n) is 7.81. The predicted molar refractivity (Wildman–Crippen MR) is 126 cm³/mol. The molecule has 32 heavy (non-hydrogen) atoms. The van der Waals surface area contributed by atoms with Crippen LogP contribution in [0.3, 0.4) is 0 Å². The summed E-state index contributed by atoms with van der Waals surface area (Å²) in [4.78, 5) is 33.1. The van der Waals surface area contributed by atoms with Crippen LogP contribution in [0.5, 0.6) is 0 Å². The van der Waals surface area contributed by atoms with E-state index in [2.05, 4.69) is 35.5 Å². The number of rotatable bonds is 6. The second kappa shape index (κ2) is 9.52. The zero-order valence-corrected chi connectivity index (χ0v) is 19.3. The van der Waals surface area contributed by atoms with Crippen molar-refractivity contribution in [2.24, 2.45) is 7.05 Å². The largest absolute Gasteiger partial charge is 0.341 e. The Hall–Kier alpha value is -3.20. The Morgan fingerprint density at radius 1 is 1.16 bits per heavy atom. The van der Waals surface area contributed by atoms with E-state index in [-0.39, 0.29) is 5.91 Å². The van der Waals surface area contributed by atoms with E-state index in [0.717, 1.165) is 31.5 Å². The van der Waals surface area contributed by atoms with Crippen LogP contribution in [-0.2, 0) is 13.5 Å². The fourth-order valence-electron chi connectivity index (χ4n) is 3.66. The molecule has 9 nitrogen and oxygen atoms in total. The Bertz CT molecular complexity index is 1100. The molecule has 0 bridgehead atoms. The molecule has 168 valence electrons. The summed E-state index contributed by atoms with van der Waals surface area (Å²) >= 11 is 6.24. The lowest BCUT2D eigenvalue weighted by molar-refractivity contribution is 0.101. The molecule has 1 fully saturated rings. The summed E-state index contributed by atoms with van der Waals surface area (Å²) in [5.41, 5.74) is 1.85. The minimum absolute atomic E-state index is 0.303. The highest BCUT2D eigenvalue weighted by atomic mass is 35.5. The maximum Gasteiger partial charge on any atom is 0.274 e. The van der Waals surface area contributed by atoms with Crippen LogP contribution in [0.4, 0.5) is 23.5 Å². The first-order chi connectivity index (χ1) is 15.5. The highest BCUT2D eigenvalue weighted by molar-refractivity contribution is 6.34. The minimum atomic E-state index is -0.303. The third kappa shape index (κ3) is 4.67. The molecule has 4 rings (SSSR count). The second-order valence-corrected chi connectivity index (χ2v) is 8.22. The van der Waals surface area contributed by atoms with E-state index in [0.29, 0.717) is 46.5 Å². The summed E-state index contributed by atoms with van der Waals surface area (Å²) in [6, 6.07) is 5.48. The van der Waals surface area contributed by atoms with Gasteiger partial charge in [0.2, 0.25) is 17.8 Å². The molecule has 2 aromatic heterocycles. The fourth-order valence-corrected chi connectivity index (χ4v) is 3.93. The van der Waals surface area contributed by atoms with E-state index in [1.54, 1.807) is 17.7 Å². The molecule has 0 atom stereocenters. The molecule has 1 amide bonds. The Kier molecular flexibility index (Phi) is 6.55. The third-order valence-electron chi connectivity index (χ3n) is 5.53. The number of carbonyl (C=O) groups is 1. The van der Waals surface area contributed by atoms with Gasteiger partial charge in [0.15, 0.2) is 0 Å². The lowest BCUT2D eigenvalue weighted by Crippen LogP contribution is -2.31. The number of aromatic nitrogens is 5. The molecule has 2 N–H and O–H groups in total. The zero-order chi connectivity index (χ0) is 22.7. The molecule has 3 aromatic rings. The molecule has 0 saturated carbocycles. The van der Waals surface area contributed by atoms with Gasteiger partial charge in [0.05, 0.1) is 16.9 Å². The van der Waals surface area contributed by atoms with Crippen LogP contribution in [0.15, 0.2) is 24.4 Å². The third-order valence-corrected chi connectivity index (χ3v) is 5.84. The average molecular weight is 455 g/mol. The van der Waals surface area contributed by atoms with Gasteiger partial charge in [0.1, 0.15) is 11.5 Å². The van der Waals surface area contributed by atoms with Crippen molar-refractivity contribution in [3.63, 3.8) is 0 Å². The van der Waals surface area contributed by atoms with Gasteiger partial charge in [0.25, 0.3) is 5.91 Å². The van der Waals surface area contributed by atoms with Gasteiger partial charge in [-0.3, -0.25) is 10.1 Å². The van der Waals surface area contributed by atoms with Gasteiger partial charge in [-0.05, 0) is 37.8 Å². The molecular formula is C22H27ClN8O. The molecular weight excluding hydrogens is 428 g/mol. The molecule has 0 spiro atoms. The molecule has 0 aliphatic carbocycles. The number of nitrogens with zero attached hydrogens (tertiary/aromatic N) is 6. The number of para-hydroxylation sites is 1. The number of carbonyl (C=O) groups excluding carboxylic acids is 1. The summed E-state index contributed by atoms with van der Waals surface area (Å²) in [5.74, 6) is 1.97. The molecule has 0 unspecified atom stereocenters. The smallest absolute Gasteiger partial charge is 0.274 e. The number of imidazole rings is 1. The first-order valence-electron chi connectivity index (χ1n) is 10.8. The average Bonchev–Trinajstić information content (AvgIpc) is 3.16. The number of aryl methyl sites for hydroxylation is 2. The predicted octanol–water partition coefficient (Wildman–Crippen LogP) is 4.12. The lowest BCUT2D eigenvalue weighted by Gasteiger charge is -2.26. The lowest BCUT2D eigenvalue weighted by atomic mass is 10.1. The van der Waals surface area contributed by atoms with Gasteiger partial charge >= 0.3 is 0 Å². The summed E-state index contributed by atoms with van der Waals surface area (Å²) in [6.07, 6.45) is 5.72. The van der Waals surface area contributed by atoms with Gasteiger partial charge in [-0.1, -0.05) is 30.7 Å². The molecule has 1 aliphatic rings. The summed E-state index contributed by atoms with van der Waals surface area (Å²) in [5, 5.41) is 6.51. The first kappa shape index (κ1) is 22.0. The number of hydrogen-bond donors (Lipinski definition) is 2. The van der Waals surface area contributed by atoms with Gasteiger partial charge in [-0.25, -0.2) is 4.98 Å². The van der Waals surface area contributed by atoms with Crippen LogP contribution in [0.25, 0.3) is 0 Å². The number of nitrogens with one attached hydrogen (secondary N) is 2. The highest BCUT2D eigenvalue weighted by Gasteiger charge is 2.19. The number of anilines is 4. The maximum absolute atomic E-state index is 12.9. The fraction of sp³-hybridized carbons (Fsp3) is 0.409. The monoisotopic (exact) mass is 454 g/mol. The molecule has 1 saturated heterocycles. The number of benzene rings is 1. The Morgan fingerprint density at radius 3 is 2.66 bits per heavy atom. The number of amides is 1. The number of piperidine rings is 1. The van der Waals surface area contributed by atoms with Crippen molar-refractivity contribution >= 4 is 41.0 Å². The zero-order valence-electron chi connectivity index (χ0n) is 18.5. The van der Waals surface area contributed by atoms with Crippen LogP contribution in [0.2, 0.25) is 5.02 Å². The topological polar surface area (TPSA) is 101 Å². The minimum Gasteiger partial charge on any atom is -0.341 e. The molecule has 1 aliphatic heterocycles. The SMILES string of the molecule is CCc1nc(Nc2ncc(C(=O)Nc3c(C)cccc3Cl)n2C)nc(N2CCCCC2)n1. The number of halogens is 1. The van der Waals surface area contributed by atoms with Crippen LogP contribution in [0, 0.1) is 6.92 Å². The van der Waals surface area contributed by atoms with Gasteiger partial charge in [-0.15, -0.1) is 0 Å². The van der Waals surface area contributed by atoms with E-state index < -0.39 is 0 Å². The van der Waals surface area contributed by atoms with Gasteiger partial charge < -0.3 is 14.8 Å². The molecule has 10 heteroatoms. The first-order valence-corrected chi connectivity index (χ1v) is 11.2. The summed E-state index contributed by atoms with van der Waals surface area (Å²) in [7, 11) is 1.76. The molecule has 1 aromatic carbocycles. The summed E-state index contributed by atoms with van der Waals surface area (Å²) < 4.78 is 1.66. The van der Waals surface area contributed by atoms with Crippen molar-refractivity contribution in [2.45, 2.75) is 39.5 Å². The van der Waals surface area contributed by atoms with Crippen molar-refractivity contribution in [1.29, 1.82) is 0 Å². The molecule has 3 heterocycles. The Labute approximate surface area is 192 Å². The molecule has 0 radical (unpaired) electrons. The van der Waals surface area contributed by atoms with Gasteiger partial charge in [-0.2, -0.15) is 15.0 Å². The van der Waals surface area contributed by atoms with Crippen molar-refractivity contribution in [2.75, 3.05) is 28.6 Å². The van der Waals surface area contributed by atoms with E-state index in [4.69, 9.17) is 11.6 Å². The van der Waals surface area contributed by atoms with Crippen molar-refractivity contribution in [1.82, 2.24) is 24.5 Å². The van der Waals surface area contributed by atoms with Crippen LogP contribution >= 0.6 is 11.6 Å². The highest BCUT2D eigenvalue weighted by Crippen LogP contribution is 2.26. The van der Waals surface area contributed by atoms with Crippen LogP contribution in [0.1, 0.15) is 48.1 Å². The van der Waals surface area contributed by atoms with Crippen LogP contribution < -0.4 is 15.5 Å². The number of hydrogen-bond acceptors (Lipinski definition) is 7. The van der Waals surface area contributed by atoms with E-state index in [9.17, 15) is 4.79 Å². The van der Waals surface area contributed by atoms with Crippen molar-refractivity contribution in [3.8, 4) is 0 Å². The van der Waals surface area contributed by atoms with Gasteiger partial charge in [0, 0.05) is 26.6 Å². The summed E-state index contributed by atoms with van der Waals surface area (Å²) in [6.45, 7) is 5.80. The van der Waals surface area contributed by atoms with Crippen molar-refractivity contribution < 1.29 is 4.79 Å². The standard InChI is InChI=1S/C22H27ClN8O/c1-4-17-25-20(29-22(26-17)31-11-6-5-7-12-31)28-21-24-13-16(30(21)3)19(32)27-18-14(2)9-8-10-15(18)23/h8-10,13H,4-7,11-12H2,1-3H3,(H,27,32)(H,24,25,26,28,29). The quantitative estimate of drug-likeness (QED) is 0.577. The van der Waals surface area contributed by atoms with Crippen molar-refractivity contribution in [3.05, 3.63) is 46.5 Å². The van der Waals surface area contributed by atoms with E-state index >= 15 is 0 Å². The van der Waals surface area contributed by atoms with Crippen LogP contribution in [-0.4, -0.2) is 43.5 Å². The van der Waals surface area contributed by atoms with E-state index in [1.165, 1.54) is 12.6 Å². The van der Waals surface area contributed by atoms with E-state index in [1.807, 2.05) is 26.0 Å². The normalized spacial score (nSPS) is 13.8. The Morgan fingerprint density at radius 2 is 1.94 bits per heavy atom.